The minimum Gasteiger partial charge on any atom is -0.381 e. The minimum absolute atomic E-state index is 0.419. The van der Waals surface area contributed by atoms with Gasteiger partial charge < -0.3 is 10.1 Å². The van der Waals surface area contributed by atoms with Crippen LogP contribution >= 0.6 is 22.6 Å². The summed E-state index contributed by atoms with van der Waals surface area (Å²) in [5, 5.41) is 3.47. The van der Waals surface area contributed by atoms with E-state index < -0.39 is 0 Å². The first-order valence-electron chi connectivity index (χ1n) is 6.24. The van der Waals surface area contributed by atoms with E-state index in [0.29, 0.717) is 12.0 Å². The van der Waals surface area contributed by atoms with E-state index in [2.05, 4.69) is 60.1 Å². The van der Waals surface area contributed by atoms with Gasteiger partial charge in [0.25, 0.3) is 0 Å². The summed E-state index contributed by atoms with van der Waals surface area (Å²) in [7, 11) is 2.05. The normalized spacial score (nSPS) is 22.4. The van der Waals surface area contributed by atoms with E-state index in [9.17, 15) is 0 Å². The van der Waals surface area contributed by atoms with Crippen molar-refractivity contribution in [1.82, 2.24) is 5.32 Å². The molecule has 0 aliphatic carbocycles. The summed E-state index contributed by atoms with van der Waals surface area (Å²) in [4.78, 5) is 0. The van der Waals surface area contributed by atoms with Crippen molar-refractivity contribution in [1.29, 1.82) is 0 Å². The Morgan fingerprint density at radius 3 is 2.94 bits per heavy atom. The molecule has 1 fully saturated rings. The monoisotopic (exact) mass is 345 g/mol. The molecular weight excluding hydrogens is 325 g/mol. The Morgan fingerprint density at radius 1 is 1.47 bits per heavy atom. The maximum absolute atomic E-state index is 5.61. The molecule has 0 amide bonds. The summed E-state index contributed by atoms with van der Waals surface area (Å²) in [5.41, 5.74) is 2.78. The summed E-state index contributed by atoms with van der Waals surface area (Å²) in [6, 6.07) is 6.99. The summed E-state index contributed by atoms with van der Waals surface area (Å²) >= 11 is 2.46. The number of hydrogen-bond acceptors (Lipinski definition) is 2. The number of aryl methyl sites for hydroxylation is 1. The number of ether oxygens (including phenoxy) is 1. The van der Waals surface area contributed by atoms with Crippen LogP contribution in [0.1, 0.15) is 30.0 Å². The van der Waals surface area contributed by atoms with E-state index >= 15 is 0 Å². The first-order valence-corrected chi connectivity index (χ1v) is 7.32. The highest BCUT2D eigenvalue weighted by atomic mass is 127. The molecule has 0 spiro atoms. The molecule has 1 saturated heterocycles. The molecular formula is C14H20INO. The quantitative estimate of drug-likeness (QED) is 0.849. The van der Waals surface area contributed by atoms with Gasteiger partial charge in [0.2, 0.25) is 0 Å². The van der Waals surface area contributed by atoms with Crippen LogP contribution in [0.4, 0.5) is 0 Å². The molecule has 2 atom stereocenters. The molecule has 0 radical (unpaired) electrons. The van der Waals surface area contributed by atoms with Gasteiger partial charge in [-0.1, -0.05) is 18.2 Å². The maximum Gasteiger partial charge on any atom is 0.0512 e. The molecule has 0 bridgehead atoms. The minimum atomic E-state index is 0.419. The van der Waals surface area contributed by atoms with Crippen molar-refractivity contribution < 1.29 is 4.74 Å². The van der Waals surface area contributed by atoms with E-state index in [1.165, 1.54) is 27.5 Å². The molecule has 1 aromatic rings. The molecule has 1 N–H and O–H groups in total. The van der Waals surface area contributed by atoms with E-state index in [1.54, 1.807) is 0 Å². The topological polar surface area (TPSA) is 21.3 Å². The molecule has 94 valence electrons. The van der Waals surface area contributed by atoms with Crippen LogP contribution in [-0.2, 0) is 4.74 Å². The summed E-state index contributed by atoms with van der Waals surface area (Å²) in [6.07, 6.45) is 2.45. The molecule has 1 aromatic carbocycles. The zero-order valence-electron chi connectivity index (χ0n) is 10.5. The fraction of sp³-hybridized carbons (Fsp3) is 0.571. The predicted octanol–water partition coefficient (Wildman–Crippen LogP) is 3.29. The van der Waals surface area contributed by atoms with E-state index in [-0.39, 0.29) is 0 Å². The Bertz CT molecular complexity index is 374. The number of rotatable bonds is 3. The van der Waals surface area contributed by atoms with Gasteiger partial charge in [0.05, 0.1) is 6.61 Å². The van der Waals surface area contributed by atoms with Crippen LogP contribution in [0.3, 0.4) is 0 Å². The van der Waals surface area contributed by atoms with Crippen molar-refractivity contribution in [2.75, 3.05) is 20.3 Å². The maximum atomic E-state index is 5.61. The first kappa shape index (κ1) is 13.3. The number of nitrogens with one attached hydrogen (secondary N) is 1. The van der Waals surface area contributed by atoms with Gasteiger partial charge in [0, 0.05) is 22.1 Å². The molecule has 2 unspecified atom stereocenters. The van der Waals surface area contributed by atoms with Gasteiger partial charge in [0.1, 0.15) is 0 Å². The summed E-state index contributed by atoms with van der Waals surface area (Å²) < 4.78 is 7.00. The first-order chi connectivity index (χ1) is 8.24. The van der Waals surface area contributed by atoms with Gasteiger partial charge in [-0.25, -0.2) is 0 Å². The van der Waals surface area contributed by atoms with Gasteiger partial charge in [-0.15, -0.1) is 0 Å². The number of benzene rings is 1. The Labute approximate surface area is 117 Å². The highest BCUT2D eigenvalue weighted by Crippen LogP contribution is 2.32. The molecule has 0 aromatic heterocycles. The third-order valence-electron chi connectivity index (χ3n) is 3.53. The van der Waals surface area contributed by atoms with Crippen LogP contribution in [0.5, 0.6) is 0 Å². The molecule has 0 saturated carbocycles. The SMILES string of the molecule is CNC(c1cccc(C)c1I)C1CCCOC1. The van der Waals surface area contributed by atoms with Crippen LogP contribution in [0.15, 0.2) is 18.2 Å². The zero-order valence-corrected chi connectivity index (χ0v) is 12.7. The predicted molar refractivity (Wildman–Crippen MR) is 79.2 cm³/mol. The lowest BCUT2D eigenvalue weighted by Crippen LogP contribution is -2.32. The molecule has 17 heavy (non-hydrogen) atoms. The van der Waals surface area contributed by atoms with Crippen molar-refractivity contribution in [3.8, 4) is 0 Å². The highest BCUT2D eigenvalue weighted by molar-refractivity contribution is 14.1. The Kier molecular flexibility index (Phi) is 4.82. The van der Waals surface area contributed by atoms with Crippen molar-refractivity contribution in [3.63, 3.8) is 0 Å². The van der Waals surface area contributed by atoms with Gasteiger partial charge in [-0.3, -0.25) is 0 Å². The second-order valence-corrected chi connectivity index (χ2v) is 5.80. The Hall–Kier alpha value is -0.130. The lowest BCUT2D eigenvalue weighted by atomic mass is 9.88. The number of hydrogen-bond donors (Lipinski definition) is 1. The second kappa shape index (κ2) is 6.16. The van der Waals surface area contributed by atoms with Crippen LogP contribution < -0.4 is 5.32 Å². The van der Waals surface area contributed by atoms with Gasteiger partial charge in [0.15, 0.2) is 0 Å². The molecule has 1 aliphatic heterocycles. The fourth-order valence-electron chi connectivity index (χ4n) is 2.58. The smallest absolute Gasteiger partial charge is 0.0512 e. The molecule has 1 aliphatic rings. The summed E-state index contributed by atoms with van der Waals surface area (Å²) in [6.45, 7) is 3.99. The van der Waals surface area contributed by atoms with Crippen molar-refractivity contribution >= 4 is 22.6 Å². The Morgan fingerprint density at radius 2 is 2.29 bits per heavy atom. The van der Waals surface area contributed by atoms with E-state index in [1.807, 2.05) is 0 Å². The molecule has 3 heteroatoms. The zero-order chi connectivity index (χ0) is 12.3. The summed E-state index contributed by atoms with van der Waals surface area (Å²) in [5.74, 6) is 0.601. The third-order valence-corrected chi connectivity index (χ3v) is 5.01. The average Bonchev–Trinajstić information content (AvgIpc) is 2.37. The van der Waals surface area contributed by atoms with Crippen LogP contribution in [0, 0.1) is 16.4 Å². The third kappa shape index (κ3) is 3.01. The molecule has 2 rings (SSSR count). The largest absolute Gasteiger partial charge is 0.381 e. The van der Waals surface area contributed by atoms with E-state index in [4.69, 9.17) is 4.74 Å². The lowest BCUT2D eigenvalue weighted by Gasteiger charge is -2.31. The fourth-order valence-corrected chi connectivity index (χ4v) is 3.28. The number of halogens is 1. The van der Waals surface area contributed by atoms with Crippen LogP contribution in [0.25, 0.3) is 0 Å². The lowest BCUT2D eigenvalue weighted by molar-refractivity contribution is 0.0401. The molecule has 1 heterocycles. The van der Waals surface area contributed by atoms with Crippen molar-refractivity contribution in [3.05, 3.63) is 32.9 Å². The van der Waals surface area contributed by atoms with Crippen LogP contribution in [-0.4, -0.2) is 20.3 Å². The van der Waals surface area contributed by atoms with Gasteiger partial charge in [-0.05, 0) is 60.5 Å². The van der Waals surface area contributed by atoms with Gasteiger partial charge >= 0.3 is 0 Å². The van der Waals surface area contributed by atoms with Crippen LogP contribution in [0.2, 0.25) is 0 Å². The highest BCUT2D eigenvalue weighted by Gasteiger charge is 2.25. The van der Waals surface area contributed by atoms with Gasteiger partial charge in [-0.2, -0.15) is 0 Å². The van der Waals surface area contributed by atoms with Crippen molar-refractivity contribution in [2.45, 2.75) is 25.8 Å². The standard InChI is InChI=1S/C14H20INO/c1-10-5-3-7-12(13(10)15)14(16-2)11-6-4-8-17-9-11/h3,5,7,11,14,16H,4,6,8-9H2,1-2H3. The van der Waals surface area contributed by atoms with E-state index in [0.717, 1.165) is 13.2 Å². The Balaban J connectivity index is 2.24. The second-order valence-electron chi connectivity index (χ2n) is 4.72. The average molecular weight is 345 g/mol. The molecule has 2 nitrogen and oxygen atoms in total. The van der Waals surface area contributed by atoms with Crippen molar-refractivity contribution in [2.24, 2.45) is 5.92 Å².